The molecule has 28 heavy (non-hydrogen) atoms. The number of benzene rings is 2. The Balaban J connectivity index is 1.49. The molecule has 1 aliphatic heterocycles. The van der Waals surface area contributed by atoms with Crippen molar-refractivity contribution in [3.05, 3.63) is 88.0 Å². The monoisotopic (exact) mass is 409 g/mol. The van der Waals surface area contributed by atoms with Crippen molar-refractivity contribution in [3.63, 3.8) is 0 Å². The quantitative estimate of drug-likeness (QED) is 0.494. The Kier molecular flexibility index (Phi) is 5.37. The maximum absolute atomic E-state index is 12.6. The fourth-order valence-corrected chi connectivity index (χ4v) is 4.02. The highest BCUT2D eigenvalue weighted by molar-refractivity contribution is 8.18. The van der Waals surface area contributed by atoms with E-state index in [2.05, 4.69) is 0 Å². The van der Waals surface area contributed by atoms with Gasteiger partial charge in [0.15, 0.2) is 0 Å². The zero-order valence-corrected chi connectivity index (χ0v) is 16.4. The van der Waals surface area contributed by atoms with Gasteiger partial charge in [0.25, 0.3) is 11.1 Å². The minimum absolute atomic E-state index is 0.259. The predicted molar refractivity (Wildman–Crippen MR) is 112 cm³/mol. The van der Waals surface area contributed by atoms with Crippen LogP contribution in [0.4, 0.5) is 4.79 Å². The van der Waals surface area contributed by atoms with Gasteiger partial charge in [-0.3, -0.25) is 14.5 Å². The Morgan fingerprint density at radius 2 is 1.71 bits per heavy atom. The van der Waals surface area contributed by atoms with Crippen LogP contribution in [0, 0.1) is 0 Å². The fourth-order valence-electron chi connectivity index (χ4n) is 2.94. The van der Waals surface area contributed by atoms with Crippen molar-refractivity contribution in [2.24, 2.45) is 0 Å². The van der Waals surface area contributed by atoms with Gasteiger partial charge in [-0.05, 0) is 48.0 Å². The van der Waals surface area contributed by atoms with Crippen molar-refractivity contribution in [2.75, 3.05) is 6.54 Å². The Labute approximate surface area is 171 Å². The first-order chi connectivity index (χ1) is 13.6. The first-order valence-corrected chi connectivity index (χ1v) is 9.95. The summed E-state index contributed by atoms with van der Waals surface area (Å²) in [5.74, 6) is 0.824. The number of carbonyl (C=O) groups is 2. The molecule has 1 saturated heterocycles. The summed E-state index contributed by atoms with van der Waals surface area (Å²) >= 11 is 7.13. The number of hydrogen-bond acceptors (Lipinski definition) is 4. The predicted octanol–water partition coefficient (Wildman–Crippen LogP) is 5.88. The van der Waals surface area contributed by atoms with Gasteiger partial charge in [-0.25, -0.2) is 0 Å². The van der Waals surface area contributed by atoms with Crippen LogP contribution >= 0.6 is 23.4 Å². The first-order valence-electron chi connectivity index (χ1n) is 8.76. The van der Waals surface area contributed by atoms with E-state index in [1.54, 1.807) is 24.3 Å². The van der Waals surface area contributed by atoms with E-state index in [0.717, 1.165) is 22.9 Å². The van der Waals surface area contributed by atoms with E-state index in [-0.39, 0.29) is 11.1 Å². The molecule has 0 aliphatic carbocycles. The number of hydrogen-bond donors (Lipinski definition) is 0. The minimum atomic E-state index is -0.290. The van der Waals surface area contributed by atoms with Gasteiger partial charge in [0.1, 0.15) is 11.5 Å². The molecule has 4 nitrogen and oxygen atoms in total. The number of nitrogens with zero attached hydrogens (tertiary/aromatic N) is 1. The molecule has 0 saturated carbocycles. The highest BCUT2D eigenvalue weighted by Crippen LogP contribution is 2.34. The van der Waals surface area contributed by atoms with Gasteiger partial charge in [-0.2, -0.15) is 0 Å². The lowest BCUT2D eigenvalue weighted by atomic mass is 10.1. The van der Waals surface area contributed by atoms with Crippen molar-refractivity contribution >= 4 is 40.6 Å². The standard InChI is InChI=1S/C22H16ClNO3S/c23-18-9-5-4-8-17(18)19-11-10-16(27-19)14-20-21(25)24(22(26)28-20)13-12-15-6-2-1-3-7-15/h1-11,14H,12-13H2. The molecule has 2 heterocycles. The van der Waals surface area contributed by atoms with Crippen molar-refractivity contribution in [1.82, 2.24) is 4.90 Å². The van der Waals surface area contributed by atoms with Crippen LogP contribution in [0.2, 0.25) is 5.02 Å². The molecule has 0 radical (unpaired) electrons. The lowest BCUT2D eigenvalue weighted by molar-refractivity contribution is -0.122. The molecule has 6 heteroatoms. The van der Waals surface area contributed by atoms with Gasteiger partial charge in [-0.15, -0.1) is 0 Å². The molecule has 140 valence electrons. The average molecular weight is 410 g/mol. The van der Waals surface area contributed by atoms with Crippen LogP contribution < -0.4 is 0 Å². The second-order valence-corrected chi connectivity index (χ2v) is 7.65. The number of amides is 2. The molecule has 2 amide bonds. The van der Waals surface area contributed by atoms with Crippen LogP contribution in [0.1, 0.15) is 11.3 Å². The molecular formula is C22H16ClNO3S. The highest BCUT2D eigenvalue weighted by atomic mass is 35.5. The van der Waals surface area contributed by atoms with Gasteiger partial charge in [0.2, 0.25) is 0 Å². The van der Waals surface area contributed by atoms with E-state index < -0.39 is 0 Å². The molecule has 0 atom stereocenters. The van der Waals surface area contributed by atoms with Gasteiger partial charge in [0, 0.05) is 18.2 Å². The van der Waals surface area contributed by atoms with Gasteiger partial charge in [-0.1, -0.05) is 54.1 Å². The van der Waals surface area contributed by atoms with E-state index in [1.165, 1.54) is 4.90 Å². The number of rotatable bonds is 5. The first kappa shape index (κ1) is 18.6. The fraction of sp³-hybridized carbons (Fsp3) is 0.0909. The second kappa shape index (κ2) is 8.09. The Morgan fingerprint density at radius 3 is 2.50 bits per heavy atom. The number of halogens is 1. The molecule has 0 unspecified atom stereocenters. The molecule has 3 aromatic rings. The van der Waals surface area contributed by atoms with E-state index in [4.69, 9.17) is 16.0 Å². The summed E-state index contributed by atoms with van der Waals surface area (Å²) in [4.78, 5) is 26.5. The summed E-state index contributed by atoms with van der Waals surface area (Å²) < 4.78 is 5.80. The minimum Gasteiger partial charge on any atom is -0.457 e. The largest absolute Gasteiger partial charge is 0.457 e. The third-order valence-electron chi connectivity index (χ3n) is 4.38. The molecule has 0 spiro atoms. The second-order valence-electron chi connectivity index (χ2n) is 6.25. The molecule has 1 fully saturated rings. The smallest absolute Gasteiger partial charge is 0.293 e. The van der Waals surface area contributed by atoms with Crippen LogP contribution in [-0.2, 0) is 11.2 Å². The average Bonchev–Trinajstić information content (AvgIpc) is 3.26. The summed E-state index contributed by atoms with van der Waals surface area (Å²) in [5, 5.41) is 0.328. The number of thioether (sulfide) groups is 1. The highest BCUT2D eigenvalue weighted by Gasteiger charge is 2.34. The lowest BCUT2D eigenvalue weighted by Gasteiger charge is -2.11. The summed E-state index contributed by atoms with van der Waals surface area (Å²) in [6.45, 7) is 0.356. The molecule has 4 rings (SSSR count). The number of carbonyl (C=O) groups excluding carboxylic acids is 2. The van der Waals surface area contributed by atoms with E-state index >= 15 is 0 Å². The zero-order valence-electron chi connectivity index (χ0n) is 14.8. The number of furan rings is 1. The van der Waals surface area contributed by atoms with Crippen LogP contribution in [0.3, 0.4) is 0 Å². The SMILES string of the molecule is O=C1SC(=Cc2ccc(-c3ccccc3Cl)o2)C(=O)N1CCc1ccccc1. The van der Waals surface area contributed by atoms with Crippen molar-refractivity contribution < 1.29 is 14.0 Å². The summed E-state index contributed by atoms with van der Waals surface area (Å²) in [5.41, 5.74) is 1.86. The maximum atomic E-state index is 12.6. The zero-order chi connectivity index (χ0) is 19.5. The molecular weight excluding hydrogens is 394 g/mol. The molecule has 0 bridgehead atoms. The Morgan fingerprint density at radius 1 is 0.964 bits per heavy atom. The van der Waals surface area contributed by atoms with E-state index in [0.29, 0.717) is 34.4 Å². The van der Waals surface area contributed by atoms with Crippen molar-refractivity contribution in [2.45, 2.75) is 6.42 Å². The van der Waals surface area contributed by atoms with Crippen LogP contribution in [0.25, 0.3) is 17.4 Å². The lowest BCUT2D eigenvalue weighted by Crippen LogP contribution is -2.30. The maximum Gasteiger partial charge on any atom is 0.293 e. The van der Waals surface area contributed by atoms with Crippen LogP contribution in [0.5, 0.6) is 0 Å². The third-order valence-corrected chi connectivity index (χ3v) is 5.62. The molecule has 0 N–H and O–H groups in total. The third kappa shape index (κ3) is 3.91. The van der Waals surface area contributed by atoms with Gasteiger partial charge < -0.3 is 4.42 Å². The van der Waals surface area contributed by atoms with Gasteiger partial charge in [0.05, 0.1) is 9.93 Å². The Bertz CT molecular complexity index is 1060. The summed E-state index contributed by atoms with van der Waals surface area (Å²) in [6.07, 6.45) is 2.23. The summed E-state index contributed by atoms with van der Waals surface area (Å²) in [6, 6.07) is 20.7. The summed E-state index contributed by atoms with van der Waals surface area (Å²) in [7, 11) is 0. The molecule has 2 aromatic carbocycles. The number of imide groups is 1. The van der Waals surface area contributed by atoms with Crippen molar-refractivity contribution in [1.29, 1.82) is 0 Å². The topological polar surface area (TPSA) is 50.5 Å². The van der Waals surface area contributed by atoms with Crippen LogP contribution in [0.15, 0.2) is 76.1 Å². The van der Waals surface area contributed by atoms with Crippen LogP contribution in [-0.4, -0.2) is 22.6 Å². The van der Waals surface area contributed by atoms with E-state index in [9.17, 15) is 9.59 Å². The molecule has 1 aliphatic rings. The molecule has 1 aromatic heterocycles. The van der Waals surface area contributed by atoms with Crippen molar-refractivity contribution in [3.8, 4) is 11.3 Å². The van der Waals surface area contributed by atoms with E-state index in [1.807, 2.05) is 48.5 Å². The Hall–Kier alpha value is -2.76. The van der Waals surface area contributed by atoms with Gasteiger partial charge >= 0.3 is 0 Å². The normalized spacial score (nSPS) is 15.6.